The third kappa shape index (κ3) is 5.99. The predicted molar refractivity (Wildman–Crippen MR) is 135 cm³/mol. The van der Waals surface area contributed by atoms with Gasteiger partial charge in [-0.25, -0.2) is 0 Å². The molecule has 3 heterocycles. The summed E-state index contributed by atoms with van der Waals surface area (Å²) in [6.45, 7) is 3.20. The summed E-state index contributed by atoms with van der Waals surface area (Å²) in [7, 11) is 0. The number of alkyl halides is 3. The number of likely N-dealkylation sites (tertiary alicyclic amines) is 1. The molecule has 0 radical (unpaired) electrons. The van der Waals surface area contributed by atoms with E-state index in [-0.39, 0.29) is 30.0 Å². The minimum absolute atomic E-state index is 0.00863. The Bertz CT molecular complexity index is 1450. The van der Waals surface area contributed by atoms with Crippen LogP contribution in [-0.4, -0.2) is 50.9 Å². The number of ether oxygens (including phenoxy) is 1. The van der Waals surface area contributed by atoms with E-state index in [4.69, 9.17) is 0 Å². The molecule has 1 saturated heterocycles. The van der Waals surface area contributed by atoms with Gasteiger partial charge in [-0.1, -0.05) is 23.8 Å². The summed E-state index contributed by atoms with van der Waals surface area (Å²) in [5.74, 6) is -0.682. The molecule has 0 saturated carbocycles. The zero-order valence-electron chi connectivity index (χ0n) is 20.6. The van der Waals surface area contributed by atoms with Crippen LogP contribution < -0.4 is 10.1 Å². The number of fused-ring (bicyclic) bond motifs is 1. The minimum Gasteiger partial charge on any atom is -0.406 e. The van der Waals surface area contributed by atoms with Gasteiger partial charge in [-0.05, 0) is 55.7 Å². The van der Waals surface area contributed by atoms with Gasteiger partial charge in [0, 0.05) is 30.2 Å². The van der Waals surface area contributed by atoms with E-state index >= 15 is 0 Å². The second-order valence-corrected chi connectivity index (χ2v) is 9.42. The number of hydrogen-bond acceptors (Lipinski definition) is 4. The van der Waals surface area contributed by atoms with Gasteiger partial charge >= 0.3 is 6.36 Å². The average Bonchev–Trinajstić information content (AvgIpc) is 3.51. The molecule has 8 nitrogen and oxygen atoms in total. The predicted octanol–water partition coefficient (Wildman–Crippen LogP) is 5.23. The van der Waals surface area contributed by atoms with Gasteiger partial charge < -0.3 is 19.9 Å². The van der Waals surface area contributed by atoms with Crippen LogP contribution in [0.5, 0.6) is 5.75 Å². The van der Waals surface area contributed by atoms with E-state index in [0.29, 0.717) is 30.0 Å². The minimum atomic E-state index is -4.76. The standard InChI is InChI=1S/C27H26F3N5O3/c1-17-2-7-23-19(12-17)14-24(33-23)26(37)34-10-8-21(9-11-34)35-16-20(15-31-35)32-25(36)13-18-3-5-22(6-4-18)38-27(28,29)30/h2-7,12,14-16,21,33H,8-11,13H2,1H3,(H,32,36). The van der Waals surface area contributed by atoms with Gasteiger partial charge in [-0.2, -0.15) is 5.10 Å². The third-order valence-electron chi connectivity index (χ3n) is 6.54. The number of piperidine rings is 1. The maximum absolute atomic E-state index is 13.0. The Morgan fingerprint density at radius 2 is 1.84 bits per heavy atom. The Hall–Kier alpha value is -4.28. The number of aromatic nitrogens is 3. The monoisotopic (exact) mass is 525 g/mol. The van der Waals surface area contributed by atoms with E-state index < -0.39 is 6.36 Å². The summed E-state index contributed by atoms with van der Waals surface area (Å²) in [6, 6.07) is 13.2. The third-order valence-corrected chi connectivity index (χ3v) is 6.54. The quantitative estimate of drug-likeness (QED) is 0.361. The van der Waals surface area contributed by atoms with Gasteiger partial charge in [-0.15, -0.1) is 13.2 Å². The molecule has 2 aromatic carbocycles. The van der Waals surface area contributed by atoms with Gasteiger partial charge in [0.15, 0.2) is 0 Å². The molecular formula is C27H26F3N5O3. The largest absolute Gasteiger partial charge is 0.573 e. The molecule has 1 aliphatic rings. The number of amides is 2. The molecule has 2 N–H and O–H groups in total. The summed E-state index contributed by atoms with van der Waals surface area (Å²) >= 11 is 0. The van der Waals surface area contributed by atoms with Crippen LogP contribution in [0.15, 0.2) is 60.9 Å². The number of carbonyl (C=O) groups excluding carboxylic acids is 2. The molecule has 11 heteroatoms. The molecule has 38 heavy (non-hydrogen) atoms. The Balaban J connectivity index is 1.12. The smallest absolute Gasteiger partial charge is 0.406 e. The van der Waals surface area contributed by atoms with Crippen molar-refractivity contribution in [2.75, 3.05) is 18.4 Å². The number of carbonyl (C=O) groups is 2. The lowest BCUT2D eigenvalue weighted by atomic mass is 10.0. The number of aromatic amines is 1. The Morgan fingerprint density at radius 1 is 1.11 bits per heavy atom. The number of nitrogens with one attached hydrogen (secondary N) is 2. The zero-order chi connectivity index (χ0) is 26.9. The lowest BCUT2D eigenvalue weighted by Crippen LogP contribution is -2.39. The fraction of sp³-hybridized carbons (Fsp3) is 0.296. The highest BCUT2D eigenvalue weighted by atomic mass is 19.4. The van der Waals surface area contributed by atoms with Crippen LogP contribution in [0.25, 0.3) is 10.9 Å². The number of halogens is 3. The summed E-state index contributed by atoms with van der Waals surface area (Å²) in [6.07, 6.45) is -0.00537. The van der Waals surface area contributed by atoms with Crippen molar-refractivity contribution < 1.29 is 27.5 Å². The molecule has 2 aromatic heterocycles. The molecule has 0 bridgehead atoms. The number of benzene rings is 2. The average molecular weight is 526 g/mol. The highest BCUT2D eigenvalue weighted by Gasteiger charge is 2.31. The van der Waals surface area contributed by atoms with E-state index in [0.717, 1.165) is 29.3 Å². The maximum Gasteiger partial charge on any atom is 0.573 e. The van der Waals surface area contributed by atoms with Crippen molar-refractivity contribution in [3.8, 4) is 5.75 Å². The first kappa shape index (κ1) is 25.4. The van der Waals surface area contributed by atoms with Crippen molar-refractivity contribution in [3.63, 3.8) is 0 Å². The Morgan fingerprint density at radius 3 is 2.55 bits per heavy atom. The summed E-state index contributed by atoms with van der Waals surface area (Å²) in [5, 5.41) is 8.16. The molecule has 0 spiro atoms. The van der Waals surface area contributed by atoms with Gasteiger partial charge in [0.05, 0.1) is 24.3 Å². The number of rotatable bonds is 6. The van der Waals surface area contributed by atoms with Crippen molar-refractivity contribution in [1.82, 2.24) is 19.7 Å². The normalized spacial score (nSPS) is 14.6. The Labute approximate surface area is 216 Å². The number of nitrogens with zero attached hydrogens (tertiary/aromatic N) is 3. The molecule has 1 fully saturated rings. The van der Waals surface area contributed by atoms with Crippen molar-refractivity contribution in [1.29, 1.82) is 0 Å². The fourth-order valence-electron chi connectivity index (χ4n) is 4.67. The number of hydrogen-bond donors (Lipinski definition) is 2. The molecule has 4 aromatic rings. The van der Waals surface area contributed by atoms with Crippen LogP contribution in [0.3, 0.4) is 0 Å². The van der Waals surface area contributed by atoms with Crippen LogP contribution in [0, 0.1) is 6.92 Å². The topological polar surface area (TPSA) is 92.2 Å². The van der Waals surface area contributed by atoms with Crippen LogP contribution in [0.2, 0.25) is 0 Å². The number of anilines is 1. The van der Waals surface area contributed by atoms with Crippen molar-refractivity contribution >= 4 is 28.4 Å². The highest BCUT2D eigenvalue weighted by molar-refractivity contribution is 5.98. The first-order valence-corrected chi connectivity index (χ1v) is 12.2. The lowest BCUT2D eigenvalue weighted by Gasteiger charge is -2.31. The second-order valence-electron chi connectivity index (χ2n) is 9.42. The summed E-state index contributed by atoms with van der Waals surface area (Å²) in [4.78, 5) is 30.5. The maximum atomic E-state index is 13.0. The molecule has 0 unspecified atom stereocenters. The van der Waals surface area contributed by atoms with Crippen LogP contribution in [0.4, 0.5) is 18.9 Å². The van der Waals surface area contributed by atoms with E-state index in [1.54, 1.807) is 17.1 Å². The highest BCUT2D eigenvalue weighted by Crippen LogP contribution is 2.26. The second kappa shape index (κ2) is 10.2. The molecule has 5 rings (SSSR count). The van der Waals surface area contributed by atoms with Gasteiger partial charge in [0.2, 0.25) is 5.91 Å². The SMILES string of the molecule is Cc1ccc2[nH]c(C(=O)N3CCC(n4cc(NC(=O)Cc5ccc(OC(F)(F)F)cc5)cn4)CC3)cc2c1. The van der Waals surface area contributed by atoms with Crippen molar-refractivity contribution in [3.05, 3.63) is 77.7 Å². The molecule has 198 valence electrons. The molecule has 0 aliphatic carbocycles. The first-order valence-electron chi connectivity index (χ1n) is 12.2. The molecule has 2 amide bonds. The molecule has 1 aliphatic heterocycles. The van der Waals surface area contributed by atoms with E-state index in [2.05, 4.69) is 20.1 Å². The van der Waals surface area contributed by atoms with Gasteiger partial charge in [-0.3, -0.25) is 14.3 Å². The summed E-state index contributed by atoms with van der Waals surface area (Å²) < 4.78 is 42.5. The first-order chi connectivity index (χ1) is 18.1. The number of aryl methyl sites for hydroxylation is 1. The summed E-state index contributed by atoms with van der Waals surface area (Å²) in [5.41, 5.74) is 3.73. The lowest BCUT2D eigenvalue weighted by molar-refractivity contribution is -0.274. The Kier molecular flexibility index (Phi) is 6.83. The molecular weight excluding hydrogens is 499 g/mol. The van der Waals surface area contributed by atoms with E-state index in [9.17, 15) is 22.8 Å². The van der Waals surface area contributed by atoms with Gasteiger partial charge in [0.25, 0.3) is 5.91 Å². The number of H-pyrrole nitrogens is 1. The molecule has 0 atom stereocenters. The van der Waals surface area contributed by atoms with Crippen LogP contribution in [-0.2, 0) is 11.2 Å². The van der Waals surface area contributed by atoms with Crippen molar-refractivity contribution in [2.45, 2.75) is 38.6 Å². The zero-order valence-corrected chi connectivity index (χ0v) is 20.6. The van der Waals surface area contributed by atoms with Crippen molar-refractivity contribution in [2.24, 2.45) is 0 Å². The van der Waals surface area contributed by atoms with Crippen LogP contribution >= 0.6 is 0 Å². The fourth-order valence-corrected chi connectivity index (χ4v) is 4.67. The van der Waals surface area contributed by atoms with Crippen LogP contribution in [0.1, 0.15) is 40.5 Å². The van der Waals surface area contributed by atoms with E-state index in [1.807, 2.05) is 36.1 Å². The van der Waals surface area contributed by atoms with Gasteiger partial charge in [0.1, 0.15) is 11.4 Å². The van der Waals surface area contributed by atoms with E-state index in [1.165, 1.54) is 24.3 Å².